The highest BCUT2D eigenvalue weighted by Gasteiger charge is 2.42. The Morgan fingerprint density at radius 3 is 2.38 bits per heavy atom. The van der Waals surface area contributed by atoms with Crippen LogP contribution in [0.1, 0.15) is 66.5 Å². The number of nitrogens with zero attached hydrogens (tertiary/aromatic N) is 2. The summed E-state index contributed by atoms with van der Waals surface area (Å²) >= 11 is 0. The lowest BCUT2D eigenvalue weighted by atomic mass is 10.1. The van der Waals surface area contributed by atoms with Crippen molar-refractivity contribution in [3.63, 3.8) is 0 Å². The van der Waals surface area contributed by atoms with E-state index < -0.39 is 0 Å². The maximum absolute atomic E-state index is 12.7. The minimum absolute atomic E-state index is 0.145. The molecule has 6 rings (SSSR count). The van der Waals surface area contributed by atoms with Crippen molar-refractivity contribution in [3.05, 3.63) is 48.0 Å². The van der Waals surface area contributed by atoms with Gasteiger partial charge in [0.25, 0.3) is 11.8 Å². The van der Waals surface area contributed by atoms with E-state index in [1.54, 1.807) is 6.07 Å². The van der Waals surface area contributed by atoms with Crippen molar-refractivity contribution >= 4 is 11.8 Å². The van der Waals surface area contributed by atoms with Gasteiger partial charge in [0.15, 0.2) is 0 Å². The summed E-state index contributed by atoms with van der Waals surface area (Å²) < 4.78 is 5.82. The molecule has 8 heteroatoms. The monoisotopic (exact) mass is 459 g/mol. The molecule has 3 aliphatic rings. The summed E-state index contributed by atoms with van der Waals surface area (Å²) in [6.45, 7) is 2.04. The van der Waals surface area contributed by atoms with Gasteiger partial charge in [0.2, 0.25) is 11.7 Å². The van der Waals surface area contributed by atoms with Crippen molar-refractivity contribution < 1.29 is 14.0 Å². The molecular weight excluding hydrogens is 430 g/mol. The first kappa shape index (κ1) is 21.1. The molecule has 3 fully saturated rings. The summed E-state index contributed by atoms with van der Waals surface area (Å²) in [4.78, 5) is 29.6. The SMILES string of the molecule is CC(NC(=O)c1cc(-c2cccc(-c3ncc(C(=O)NC(C4CC4)C4CC4)o3)c2)n[nH]1)C1CC1. The van der Waals surface area contributed by atoms with E-state index in [2.05, 4.69) is 25.8 Å². The Balaban J connectivity index is 1.15. The van der Waals surface area contributed by atoms with Gasteiger partial charge in [0.1, 0.15) is 5.69 Å². The fourth-order valence-electron chi connectivity index (χ4n) is 4.66. The van der Waals surface area contributed by atoms with Crippen LogP contribution in [0.5, 0.6) is 0 Å². The van der Waals surface area contributed by atoms with Crippen LogP contribution in [0.4, 0.5) is 0 Å². The van der Waals surface area contributed by atoms with Crippen LogP contribution in [-0.2, 0) is 0 Å². The van der Waals surface area contributed by atoms with Gasteiger partial charge in [-0.15, -0.1) is 0 Å². The third kappa shape index (κ3) is 4.49. The predicted octanol–water partition coefficient (Wildman–Crippen LogP) is 4.18. The minimum Gasteiger partial charge on any atom is -0.431 e. The number of hydrogen-bond donors (Lipinski definition) is 3. The average Bonchev–Trinajstić information content (AvgIpc) is 3.75. The highest BCUT2D eigenvalue weighted by atomic mass is 16.4. The van der Waals surface area contributed by atoms with Gasteiger partial charge >= 0.3 is 0 Å². The smallest absolute Gasteiger partial charge is 0.288 e. The van der Waals surface area contributed by atoms with Gasteiger partial charge in [-0.25, -0.2) is 4.98 Å². The molecule has 2 heterocycles. The quantitative estimate of drug-likeness (QED) is 0.444. The molecule has 176 valence electrons. The zero-order valence-electron chi connectivity index (χ0n) is 19.2. The number of H-pyrrole nitrogens is 1. The first-order chi connectivity index (χ1) is 16.5. The Morgan fingerprint density at radius 2 is 1.68 bits per heavy atom. The van der Waals surface area contributed by atoms with E-state index in [-0.39, 0.29) is 29.7 Å². The van der Waals surface area contributed by atoms with E-state index in [1.165, 1.54) is 44.7 Å². The van der Waals surface area contributed by atoms with E-state index in [0.29, 0.717) is 35.0 Å². The maximum atomic E-state index is 12.7. The molecule has 0 radical (unpaired) electrons. The number of aromatic amines is 1. The van der Waals surface area contributed by atoms with Crippen LogP contribution in [0.3, 0.4) is 0 Å². The zero-order valence-corrected chi connectivity index (χ0v) is 19.2. The summed E-state index contributed by atoms with van der Waals surface area (Å²) in [6, 6.07) is 9.76. The molecule has 34 heavy (non-hydrogen) atoms. The van der Waals surface area contributed by atoms with Gasteiger partial charge in [0, 0.05) is 23.2 Å². The molecule has 3 aliphatic carbocycles. The van der Waals surface area contributed by atoms with Crippen LogP contribution in [0.25, 0.3) is 22.7 Å². The van der Waals surface area contributed by atoms with Gasteiger partial charge in [-0.1, -0.05) is 12.1 Å². The molecular formula is C26H29N5O3. The lowest BCUT2D eigenvalue weighted by Gasteiger charge is -2.16. The normalized spacial score (nSPS) is 18.6. The van der Waals surface area contributed by atoms with E-state index in [9.17, 15) is 9.59 Å². The molecule has 0 saturated heterocycles. The van der Waals surface area contributed by atoms with Crippen LogP contribution in [-0.4, -0.2) is 39.1 Å². The van der Waals surface area contributed by atoms with Crippen LogP contribution in [0.15, 0.2) is 40.9 Å². The molecule has 3 saturated carbocycles. The lowest BCUT2D eigenvalue weighted by Crippen LogP contribution is -2.37. The highest BCUT2D eigenvalue weighted by Crippen LogP contribution is 2.44. The van der Waals surface area contributed by atoms with Gasteiger partial charge in [-0.2, -0.15) is 5.10 Å². The van der Waals surface area contributed by atoms with Gasteiger partial charge < -0.3 is 15.1 Å². The minimum atomic E-state index is -0.193. The molecule has 0 spiro atoms. The number of hydrogen-bond acceptors (Lipinski definition) is 5. The fourth-order valence-corrected chi connectivity index (χ4v) is 4.66. The largest absolute Gasteiger partial charge is 0.431 e. The van der Waals surface area contributed by atoms with Crippen molar-refractivity contribution in [3.8, 4) is 22.7 Å². The van der Waals surface area contributed by atoms with E-state index in [1.807, 2.05) is 31.2 Å². The second-order valence-electron chi connectivity index (χ2n) is 10.1. The molecule has 3 aromatic rings. The van der Waals surface area contributed by atoms with Crippen molar-refractivity contribution in [2.75, 3.05) is 0 Å². The Morgan fingerprint density at radius 1 is 0.971 bits per heavy atom. The summed E-state index contributed by atoms with van der Waals surface area (Å²) in [5, 5.41) is 13.4. The van der Waals surface area contributed by atoms with Crippen LogP contribution in [0, 0.1) is 17.8 Å². The molecule has 0 bridgehead atoms. The van der Waals surface area contributed by atoms with Crippen LogP contribution >= 0.6 is 0 Å². The lowest BCUT2D eigenvalue weighted by molar-refractivity contribution is 0.0897. The Hall–Kier alpha value is -3.42. The maximum Gasteiger partial charge on any atom is 0.288 e. The molecule has 1 unspecified atom stereocenters. The summed E-state index contributed by atoms with van der Waals surface area (Å²) in [6.07, 6.45) is 8.64. The standard InChI is InChI=1S/C26H29N5O3/c1-14(15-5-6-15)28-24(32)21-12-20(30-31-21)18-3-2-4-19(11-18)26-27-13-22(34-26)25(33)29-23(16-7-8-16)17-9-10-17/h2-4,11-17,23H,5-10H2,1H3,(H,28,32)(H,29,33)(H,30,31). The number of benzene rings is 1. The molecule has 2 aromatic heterocycles. The Bertz CT molecular complexity index is 1210. The summed E-state index contributed by atoms with van der Waals surface area (Å²) in [5.41, 5.74) is 2.67. The van der Waals surface area contributed by atoms with Gasteiger partial charge in [0.05, 0.1) is 11.9 Å². The second kappa shape index (κ2) is 8.42. The van der Waals surface area contributed by atoms with Gasteiger partial charge in [-0.05, 0) is 81.4 Å². The predicted molar refractivity (Wildman–Crippen MR) is 126 cm³/mol. The van der Waals surface area contributed by atoms with Gasteiger partial charge in [-0.3, -0.25) is 14.7 Å². The van der Waals surface area contributed by atoms with Crippen molar-refractivity contribution in [1.82, 2.24) is 25.8 Å². The molecule has 1 aromatic carbocycles. The first-order valence-corrected chi connectivity index (χ1v) is 12.3. The van der Waals surface area contributed by atoms with E-state index >= 15 is 0 Å². The average molecular weight is 460 g/mol. The number of oxazole rings is 1. The fraction of sp³-hybridized carbons (Fsp3) is 0.462. The topological polar surface area (TPSA) is 113 Å². The molecule has 1 atom stereocenters. The van der Waals surface area contributed by atoms with Crippen LogP contribution < -0.4 is 10.6 Å². The molecule has 2 amide bonds. The molecule has 0 aliphatic heterocycles. The molecule has 8 nitrogen and oxygen atoms in total. The third-order valence-electron chi connectivity index (χ3n) is 7.20. The number of nitrogens with one attached hydrogen (secondary N) is 3. The van der Waals surface area contributed by atoms with E-state index in [4.69, 9.17) is 4.42 Å². The molecule has 3 N–H and O–H groups in total. The second-order valence-corrected chi connectivity index (χ2v) is 10.1. The number of amides is 2. The summed E-state index contributed by atoms with van der Waals surface area (Å²) in [5.74, 6) is 2.10. The zero-order chi connectivity index (χ0) is 23.2. The van der Waals surface area contributed by atoms with Crippen molar-refractivity contribution in [1.29, 1.82) is 0 Å². The number of aromatic nitrogens is 3. The number of carbonyl (C=O) groups is 2. The number of rotatable bonds is 9. The van der Waals surface area contributed by atoms with Crippen molar-refractivity contribution in [2.45, 2.75) is 57.5 Å². The third-order valence-corrected chi connectivity index (χ3v) is 7.20. The van der Waals surface area contributed by atoms with E-state index in [0.717, 1.165) is 11.1 Å². The first-order valence-electron chi connectivity index (χ1n) is 12.3. The Kier molecular flexibility index (Phi) is 5.23. The van der Waals surface area contributed by atoms with Crippen molar-refractivity contribution in [2.24, 2.45) is 17.8 Å². The Labute approximate surface area is 197 Å². The highest BCUT2D eigenvalue weighted by molar-refractivity contribution is 5.94. The number of carbonyl (C=O) groups excluding carboxylic acids is 2. The summed E-state index contributed by atoms with van der Waals surface area (Å²) in [7, 11) is 0. The van der Waals surface area contributed by atoms with Crippen LogP contribution in [0.2, 0.25) is 0 Å².